The predicted molar refractivity (Wildman–Crippen MR) is 240 cm³/mol. The number of hydrogen-bond acceptors (Lipinski definition) is 5. The van der Waals surface area contributed by atoms with Crippen molar-refractivity contribution >= 4 is 13.7 Å². The van der Waals surface area contributed by atoms with Crippen molar-refractivity contribution in [2.45, 2.75) is 244 Å². The van der Waals surface area contributed by atoms with Crippen LogP contribution in [-0.4, -0.2) is 73.4 Å². The first-order chi connectivity index (χ1) is 27.0. The van der Waals surface area contributed by atoms with E-state index in [1.165, 1.54) is 173 Å². The van der Waals surface area contributed by atoms with Crippen molar-refractivity contribution in [2.75, 3.05) is 40.9 Å². The Balaban J connectivity index is 4.22. The molecule has 3 N–H and O–H groups in total. The second kappa shape index (κ2) is 39.7. The smallest absolute Gasteiger partial charge is 0.387 e. The van der Waals surface area contributed by atoms with E-state index >= 15 is 0 Å². The van der Waals surface area contributed by atoms with Gasteiger partial charge in [-0.1, -0.05) is 219 Å². The van der Waals surface area contributed by atoms with E-state index in [0.29, 0.717) is 17.4 Å². The molecule has 334 valence electrons. The Hall–Kier alpha value is -0.760. The number of carbonyl (C=O) groups is 1. The van der Waals surface area contributed by atoms with Gasteiger partial charge in [0.15, 0.2) is 0 Å². The molecule has 1 amide bonds. The minimum Gasteiger partial charge on any atom is -0.387 e. The standard InChI is InChI=1S/C47H95N2O6P/c1-6-8-10-12-14-16-18-20-21-22-23-24-25-26-27-28-29-31-33-35-37-39-41-47(51)48-45(44-55-56(52,53)54-43-42-49(3,4)5)46(50)40-38-36-34-32-30-19-17-15-13-11-9-7-2/h38,40,45-46,50H,6-37,39,41-44H2,1-5H3,(H-,48,51,52,53)/p+1/b40-38+/t45-,46+/m0/s1. The van der Waals surface area contributed by atoms with Crippen LogP contribution in [0.15, 0.2) is 12.2 Å². The number of rotatable bonds is 44. The van der Waals surface area contributed by atoms with E-state index < -0.39 is 20.0 Å². The van der Waals surface area contributed by atoms with Crippen LogP contribution in [0, 0.1) is 0 Å². The van der Waals surface area contributed by atoms with Crippen molar-refractivity contribution < 1.29 is 32.9 Å². The monoisotopic (exact) mass is 816 g/mol. The zero-order chi connectivity index (χ0) is 41.4. The Morgan fingerprint density at radius 3 is 1.32 bits per heavy atom. The second-order valence-corrected chi connectivity index (χ2v) is 19.3. The molecule has 1 unspecified atom stereocenters. The molecule has 0 spiro atoms. The highest BCUT2D eigenvalue weighted by Gasteiger charge is 2.27. The van der Waals surface area contributed by atoms with Crippen molar-refractivity contribution in [2.24, 2.45) is 0 Å². The van der Waals surface area contributed by atoms with E-state index in [0.717, 1.165) is 38.5 Å². The number of nitrogens with zero attached hydrogens (tertiary/aromatic N) is 1. The largest absolute Gasteiger partial charge is 0.472 e. The molecule has 0 heterocycles. The van der Waals surface area contributed by atoms with Gasteiger partial charge in [-0.15, -0.1) is 0 Å². The van der Waals surface area contributed by atoms with Crippen LogP contribution in [0.2, 0.25) is 0 Å². The van der Waals surface area contributed by atoms with E-state index in [-0.39, 0.29) is 19.1 Å². The minimum atomic E-state index is -4.33. The van der Waals surface area contributed by atoms with E-state index in [1.54, 1.807) is 6.08 Å². The van der Waals surface area contributed by atoms with Gasteiger partial charge in [-0.3, -0.25) is 13.8 Å². The van der Waals surface area contributed by atoms with Crippen LogP contribution in [0.25, 0.3) is 0 Å². The predicted octanol–water partition coefficient (Wildman–Crippen LogP) is 13.5. The molecule has 0 aliphatic heterocycles. The van der Waals surface area contributed by atoms with Crippen LogP contribution in [0.1, 0.15) is 232 Å². The van der Waals surface area contributed by atoms with E-state index in [2.05, 4.69) is 19.2 Å². The molecular formula is C47H96N2O6P+. The van der Waals surface area contributed by atoms with Gasteiger partial charge in [-0.05, 0) is 19.3 Å². The fraction of sp³-hybridized carbons (Fsp3) is 0.936. The number of phosphoric acid groups is 1. The number of hydrogen-bond donors (Lipinski definition) is 3. The molecule has 8 nitrogen and oxygen atoms in total. The molecule has 3 atom stereocenters. The summed E-state index contributed by atoms with van der Waals surface area (Å²) in [5, 5.41) is 13.8. The molecule has 0 aromatic heterocycles. The number of quaternary nitrogens is 1. The highest BCUT2D eigenvalue weighted by molar-refractivity contribution is 7.47. The minimum absolute atomic E-state index is 0.0646. The second-order valence-electron chi connectivity index (χ2n) is 17.8. The average Bonchev–Trinajstić information content (AvgIpc) is 3.15. The summed E-state index contributed by atoms with van der Waals surface area (Å²) >= 11 is 0. The molecule has 0 bridgehead atoms. The number of aliphatic hydroxyl groups is 1. The van der Waals surface area contributed by atoms with Gasteiger partial charge >= 0.3 is 7.82 Å². The number of aliphatic hydroxyl groups excluding tert-OH is 1. The SMILES string of the molecule is CCCCCCCCCCCC/C=C/[C@@H](O)[C@H](COP(=O)(O)OCC[N+](C)(C)C)NC(=O)CCCCCCCCCCCCCCCCCCCCCCCC. The number of likely N-dealkylation sites (N-methyl/N-ethyl adjacent to an activating group) is 1. The van der Waals surface area contributed by atoms with Gasteiger partial charge in [-0.25, -0.2) is 4.57 Å². The van der Waals surface area contributed by atoms with Gasteiger partial charge in [0.05, 0.1) is 39.9 Å². The topological polar surface area (TPSA) is 105 Å². The highest BCUT2D eigenvalue weighted by Crippen LogP contribution is 2.43. The zero-order valence-electron chi connectivity index (χ0n) is 37.9. The first kappa shape index (κ1) is 55.2. The number of carbonyl (C=O) groups excluding carboxylic acids is 1. The van der Waals surface area contributed by atoms with Crippen LogP contribution in [-0.2, 0) is 18.4 Å². The summed E-state index contributed by atoms with van der Waals surface area (Å²) in [5.41, 5.74) is 0. The Labute approximate surface area is 348 Å². The maximum absolute atomic E-state index is 12.9. The fourth-order valence-corrected chi connectivity index (χ4v) is 7.90. The molecule has 0 aliphatic carbocycles. The Bertz CT molecular complexity index is 927. The Morgan fingerprint density at radius 1 is 0.589 bits per heavy atom. The number of unbranched alkanes of at least 4 members (excludes halogenated alkanes) is 31. The third-order valence-electron chi connectivity index (χ3n) is 11.0. The number of phosphoric ester groups is 1. The lowest BCUT2D eigenvalue weighted by Crippen LogP contribution is -2.45. The Morgan fingerprint density at radius 2 is 0.946 bits per heavy atom. The van der Waals surface area contributed by atoms with Crippen LogP contribution < -0.4 is 5.32 Å². The lowest BCUT2D eigenvalue weighted by molar-refractivity contribution is -0.870. The van der Waals surface area contributed by atoms with Crippen molar-refractivity contribution in [3.05, 3.63) is 12.2 Å². The van der Waals surface area contributed by atoms with Gasteiger partial charge in [0.1, 0.15) is 13.2 Å². The summed E-state index contributed by atoms with van der Waals surface area (Å²) in [4.78, 5) is 23.1. The lowest BCUT2D eigenvalue weighted by atomic mass is 10.0. The Kier molecular flexibility index (Phi) is 39.1. The first-order valence-electron chi connectivity index (χ1n) is 24.1. The average molecular weight is 816 g/mol. The maximum atomic E-state index is 12.9. The molecule has 0 rings (SSSR count). The molecule has 0 fully saturated rings. The van der Waals surface area contributed by atoms with Crippen molar-refractivity contribution in [3.8, 4) is 0 Å². The highest BCUT2D eigenvalue weighted by atomic mass is 31.2. The summed E-state index contributed by atoms with van der Waals surface area (Å²) in [7, 11) is 1.58. The molecular weight excluding hydrogens is 719 g/mol. The molecule has 0 saturated carbocycles. The summed E-state index contributed by atoms with van der Waals surface area (Å²) in [6.07, 6.45) is 45.7. The van der Waals surface area contributed by atoms with Crippen LogP contribution >= 0.6 is 7.82 Å². The van der Waals surface area contributed by atoms with Crippen LogP contribution in [0.4, 0.5) is 0 Å². The van der Waals surface area contributed by atoms with Crippen LogP contribution in [0.3, 0.4) is 0 Å². The molecule has 0 radical (unpaired) electrons. The molecule has 0 aromatic rings. The van der Waals surface area contributed by atoms with E-state index in [9.17, 15) is 19.4 Å². The molecule has 0 aromatic carbocycles. The van der Waals surface area contributed by atoms with Crippen molar-refractivity contribution in [1.29, 1.82) is 0 Å². The summed E-state index contributed by atoms with van der Waals surface area (Å²) < 4.78 is 23.6. The van der Waals surface area contributed by atoms with Gasteiger partial charge < -0.3 is 19.8 Å². The summed E-state index contributed by atoms with van der Waals surface area (Å²) in [6.45, 7) is 4.83. The summed E-state index contributed by atoms with van der Waals surface area (Å²) in [5.74, 6) is -0.173. The zero-order valence-corrected chi connectivity index (χ0v) is 38.8. The number of nitrogens with one attached hydrogen (secondary N) is 1. The molecule has 56 heavy (non-hydrogen) atoms. The van der Waals surface area contributed by atoms with Crippen molar-refractivity contribution in [1.82, 2.24) is 5.32 Å². The third-order valence-corrected chi connectivity index (χ3v) is 12.0. The van der Waals surface area contributed by atoms with Gasteiger partial charge in [0.25, 0.3) is 0 Å². The fourth-order valence-electron chi connectivity index (χ4n) is 7.16. The van der Waals surface area contributed by atoms with Gasteiger partial charge in [-0.2, -0.15) is 0 Å². The van der Waals surface area contributed by atoms with E-state index in [1.807, 2.05) is 27.2 Å². The molecule has 0 saturated heterocycles. The van der Waals surface area contributed by atoms with Gasteiger partial charge in [0, 0.05) is 6.42 Å². The number of amides is 1. The van der Waals surface area contributed by atoms with Crippen molar-refractivity contribution in [3.63, 3.8) is 0 Å². The summed E-state index contributed by atoms with van der Waals surface area (Å²) in [6, 6.07) is -0.839. The van der Waals surface area contributed by atoms with Crippen LogP contribution in [0.5, 0.6) is 0 Å². The lowest BCUT2D eigenvalue weighted by Gasteiger charge is -2.25. The third kappa shape index (κ3) is 41.4. The van der Waals surface area contributed by atoms with Gasteiger partial charge in [0.2, 0.25) is 5.91 Å². The van der Waals surface area contributed by atoms with E-state index in [4.69, 9.17) is 9.05 Å². The number of allylic oxidation sites excluding steroid dienone is 1. The molecule has 0 aliphatic rings. The first-order valence-corrected chi connectivity index (χ1v) is 25.6. The quantitative estimate of drug-likeness (QED) is 0.0245. The molecule has 9 heteroatoms. The normalized spacial score (nSPS) is 14.3. The maximum Gasteiger partial charge on any atom is 0.472 e.